The molecular formula is C14H15N5O. The first kappa shape index (κ1) is 12.4. The first-order valence-electron chi connectivity index (χ1n) is 6.31. The largest absolute Gasteiger partial charge is 0.399 e. The van der Waals surface area contributed by atoms with Crippen LogP contribution in [0, 0.1) is 13.8 Å². The maximum atomic E-state index is 5.82. The van der Waals surface area contributed by atoms with Crippen molar-refractivity contribution in [2.75, 3.05) is 11.1 Å². The Morgan fingerprint density at radius 2 is 2.10 bits per heavy atom. The molecule has 6 heteroatoms. The summed E-state index contributed by atoms with van der Waals surface area (Å²) in [4.78, 5) is 8.50. The van der Waals surface area contributed by atoms with E-state index in [9.17, 15) is 0 Å². The second-order valence-corrected chi connectivity index (χ2v) is 4.66. The Morgan fingerprint density at radius 3 is 2.85 bits per heavy atom. The van der Waals surface area contributed by atoms with Gasteiger partial charge in [0.15, 0.2) is 0 Å². The van der Waals surface area contributed by atoms with Crippen molar-refractivity contribution in [2.45, 2.75) is 20.4 Å². The SMILES string of the molecule is Cc1noc(C)c1CNc1ncnc2ccc(N)cc12. The average molecular weight is 269 g/mol. The molecule has 20 heavy (non-hydrogen) atoms. The van der Waals surface area contributed by atoms with E-state index in [1.165, 1.54) is 6.33 Å². The van der Waals surface area contributed by atoms with E-state index in [4.69, 9.17) is 10.3 Å². The van der Waals surface area contributed by atoms with E-state index >= 15 is 0 Å². The summed E-state index contributed by atoms with van der Waals surface area (Å²) in [6, 6.07) is 5.58. The molecule has 0 bridgehead atoms. The number of aromatic nitrogens is 3. The van der Waals surface area contributed by atoms with Gasteiger partial charge in [-0.15, -0.1) is 0 Å². The fourth-order valence-corrected chi connectivity index (χ4v) is 2.14. The van der Waals surface area contributed by atoms with Crippen LogP contribution < -0.4 is 11.1 Å². The van der Waals surface area contributed by atoms with E-state index in [1.54, 1.807) is 0 Å². The van der Waals surface area contributed by atoms with Gasteiger partial charge in [0, 0.05) is 23.2 Å². The molecule has 3 N–H and O–H groups in total. The number of hydrogen-bond donors (Lipinski definition) is 2. The molecule has 3 rings (SSSR count). The summed E-state index contributed by atoms with van der Waals surface area (Å²) < 4.78 is 5.15. The number of nitrogens with zero attached hydrogens (tertiary/aromatic N) is 3. The lowest BCUT2D eigenvalue weighted by Gasteiger charge is -2.08. The number of nitrogen functional groups attached to an aromatic ring is 1. The number of aryl methyl sites for hydroxylation is 2. The fraction of sp³-hybridized carbons (Fsp3) is 0.214. The van der Waals surface area contributed by atoms with Gasteiger partial charge in [0.25, 0.3) is 0 Å². The molecule has 0 atom stereocenters. The van der Waals surface area contributed by atoms with Crippen LogP contribution in [0.5, 0.6) is 0 Å². The first-order chi connectivity index (χ1) is 9.65. The van der Waals surface area contributed by atoms with Crippen LogP contribution in [0.1, 0.15) is 17.0 Å². The molecular weight excluding hydrogens is 254 g/mol. The molecule has 6 nitrogen and oxygen atoms in total. The van der Waals surface area contributed by atoms with Gasteiger partial charge in [-0.3, -0.25) is 0 Å². The third kappa shape index (κ3) is 2.16. The number of nitrogens with two attached hydrogens (primary N) is 1. The highest BCUT2D eigenvalue weighted by Gasteiger charge is 2.10. The molecule has 1 aromatic carbocycles. The molecule has 102 valence electrons. The predicted octanol–water partition coefficient (Wildman–Crippen LogP) is 2.43. The number of anilines is 2. The minimum Gasteiger partial charge on any atom is -0.399 e. The van der Waals surface area contributed by atoms with Gasteiger partial charge < -0.3 is 15.6 Å². The van der Waals surface area contributed by atoms with Crippen LogP contribution in [0.3, 0.4) is 0 Å². The number of benzene rings is 1. The molecule has 0 aliphatic heterocycles. The second-order valence-electron chi connectivity index (χ2n) is 4.66. The maximum Gasteiger partial charge on any atom is 0.138 e. The summed E-state index contributed by atoms with van der Waals surface area (Å²) >= 11 is 0. The zero-order chi connectivity index (χ0) is 14.1. The van der Waals surface area contributed by atoms with Crippen molar-refractivity contribution in [1.29, 1.82) is 0 Å². The standard InChI is InChI=1S/C14H15N5O/c1-8-12(9(2)20-19-8)6-16-14-11-5-10(15)3-4-13(11)17-7-18-14/h3-5,7H,6,15H2,1-2H3,(H,16,17,18). The van der Waals surface area contributed by atoms with Crippen molar-refractivity contribution in [1.82, 2.24) is 15.1 Å². The third-order valence-corrected chi connectivity index (χ3v) is 3.27. The van der Waals surface area contributed by atoms with Gasteiger partial charge in [-0.1, -0.05) is 5.16 Å². The van der Waals surface area contributed by atoms with Crippen LogP contribution in [0.25, 0.3) is 10.9 Å². The van der Waals surface area contributed by atoms with Crippen LogP contribution in [0.15, 0.2) is 29.0 Å². The number of hydrogen-bond acceptors (Lipinski definition) is 6. The molecule has 0 saturated carbocycles. The van der Waals surface area contributed by atoms with Gasteiger partial charge in [0.05, 0.1) is 11.2 Å². The van der Waals surface area contributed by atoms with Crippen LogP contribution in [0.2, 0.25) is 0 Å². The van der Waals surface area contributed by atoms with Crippen molar-refractivity contribution in [2.24, 2.45) is 0 Å². The van der Waals surface area contributed by atoms with Gasteiger partial charge >= 0.3 is 0 Å². The number of fused-ring (bicyclic) bond motifs is 1. The predicted molar refractivity (Wildman–Crippen MR) is 77.3 cm³/mol. The van der Waals surface area contributed by atoms with Gasteiger partial charge in [-0.2, -0.15) is 0 Å². The molecule has 0 saturated heterocycles. The zero-order valence-electron chi connectivity index (χ0n) is 11.3. The lowest BCUT2D eigenvalue weighted by molar-refractivity contribution is 0.392. The number of nitrogens with one attached hydrogen (secondary N) is 1. The first-order valence-corrected chi connectivity index (χ1v) is 6.31. The van der Waals surface area contributed by atoms with Crippen LogP contribution in [0.4, 0.5) is 11.5 Å². The highest BCUT2D eigenvalue weighted by molar-refractivity contribution is 5.91. The third-order valence-electron chi connectivity index (χ3n) is 3.27. The lowest BCUT2D eigenvalue weighted by atomic mass is 10.2. The normalized spacial score (nSPS) is 10.9. The summed E-state index contributed by atoms with van der Waals surface area (Å²) in [5.41, 5.74) is 9.29. The van der Waals surface area contributed by atoms with Crippen molar-refractivity contribution in [3.05, 3.63) is 41.5 Å². The van der Waals surface area contributed by atoms with Gasteiger partial charge in [0.2, 0.25) is 0 Å². The molecule has 0 aliphatic rings. The topological polar surface area (TPSA) is 89.9 Å². The van der Waals surface area contributed by atoms with E-state index in [-0.39, 0.29) is 0 Å². The Morgan fingerprint density at radius 1 is 1.25 bits per heavy atom. The Kier molecular flexibility index (Phi) is 2.98. The Labute approximate surface area is 116 Å². The van der Waals surface area contributed by atoms with E-state index < -0.39 is 0 Å². The molecule has 0 radical (unpaired) electrons. The minimum absolute atomic E-state index is 0.599. The van der Waals surface area contributed by atoms with Crippen molar-refractivity contribution < 1.29 is 4.52 Å². The summed E-state index contributed by atoms with van der Waals surface area (Å²) in [6.45, 7) is 4.42. The Balaban J connectivity index is 1.93. The van der Waals surface area contributed by atoms with Crippen LogP contribution >= 0.6 is 0 Å². The molecule has 2 heterocycles. The van der Waals surface area contributed by atoms with Gasteiger partial charge in [-0.05, 0) is 32.0 Å². The Hall–Kier alpha value is -2.63. The molecule has 0 unspecified atom stereocenters. The molecule has 2 aromatic heterocycles. The quantitative estimate of drug-likeness (QED) is 0.710. The molecule has 0 aliphatic carbocycles. The maximum absolute atomic E-state index is 5.82. The second kappa shape index (κ2) is 4.80. The van der Waals surface area contributed by atoms with E-state index in [0.29, 0.717) is 12.2 Å². The van der Waals surface area contributed by atoms with E-state index in [0.717, 1.165) is 33.7 Å². The fourth-order valence-electron chi connectivity index (χ4n) is 2.14. The van der Waals surface area contributed by atoms with Crippen molar-refractivity contribution >= 4 is 22.4 Å². The van der Waals surface area contributed by atoms with Crippen molar-refractivity contribution in [3.8, 4) is 0 Å². The molecule has 0 fully saturated rings. The molecule has 3 aromatic rings. The van der Waals surface area contributed by atoms with Crippen LogP contribution in [-0.2, 0) is 6.54 Å². The Bertz CT molecular complexity index is 746. The summed E-state index contributed by atoms with van der Waals surface area (Å²) in [7, 11) is 0. The molecule has 0 spiro atoms. The van der Waals surface area contributed by atoms with Gasteiger partial charge in [0.1, 0.15) is 17.9 Å². The van der Waals surface area contributed by atoms with Gasteiger partial charge in [-0.25, -0.2) is 9.97 Å². The average Bonchev–Trinajstić information content (AvgIpc) is 2.76. The summed E-state index contributed by atoms with van der Waals surface area (Å²) in [6.07, 6.45) is 1.54. The zero-order valence-corrected chi connectivity index (χ0v) is 11.3. The number of rotatable bonds is 3. The highest BCUT2D eigenvalue weighted by Crippen LogP contribution is 2.23. The van der Waals surface area contributed by atoms with Crippen molar-refractivity contribution in [3.63, 3.8) is 0 Å². The van der Waals surface area contributed by atoms with Crippen LogP contribution in [-0.4, -0.2) is 15.1 Å². The minimum atomic E-state index is 0.599. The summed E-state index contributed by atoms with van der Waals surface area (Å²) in [5.74, 6) is 1.56. The summed E-state index contributed by atoms with van der Waals surface area (Å²) in [5, 5.41) is 8.13. The highest BCUT2D eigenvalue weighted by atomic mass is 16.5. The van der Waals surface area contributed by atoms with E-state index in [2.05, 4.69) is 20.4 Å². The lowest BCUT2D eigenvalue weighted by Crippen LogP contribution is -2.04. The smallest absolute Gasteiger partial charge is 0.138 e. The van der Waals surface area contributed by atoms with E-state index in [1.807, 2.05) is 32.0 Å². The monoisotopic (exact) mass is 269 g/mol. The molecule has 0 amide bonds.